The SMILES string of the molecule is CCOc1ccc(/C=C2\CC/C(=C\C(C)C)C2=O)cc1. The van der Waals surface area contributed by atoms with E-state index in [-0.39, 0.29) is 5.78 Å². The first-order chi connectivity index (χ1) is 9.60. The summed E-state index contributed by atoms with van der Waals surface area (Å²) in [7, 11) is 0. The fourth-order valence-electron chi connectivity index (χ4n) is 2.43. The first-order valence-electron chi connectivity index (χ1n) is 7.29. The van der Waals surface area contributed by atoms with Crippen molar-refractivity contribution in [3.63, 3.8) is 0 Å². The van der Waals surface area contributed by atoms with Crippen molar-refractivity contribution in [3.8, 4) is 5.75 Å². The lowest BCUT2D eigenvalue weighted by Crippen LogP contribution is -1.97. The first kappa shape index (κ1) is 14.6. The zero-order valence-electron chi connectivity index (χ0n) is 12.5. The van der Waals surface area contributed by atoms with E-state index in [9.17, 15) is 4.79 Å². The molecule has 2 rings (SSSR count). The predicted octanol–water partition coefficient (Wildman–Crippen LogP) is 4.41. The van der Waals surface area contributed by atoms with Crippen LogP contribution < -0.4 is 4.74 Å². The van der Waals surface area contributed by atoms with Crippen LogP contribution in [0.25, 0.3) is 6.08 Å². The average molecular weight is 270 g/mol. The van der Waals surface area contributed by atoms with Gasteiger partial charge in [-0.3, -0.25) is 4.79 Å². The van der Waals surface area contributed by atoms with Crippen LogP contribution in [0.2, 0.25) is 0 Å². The second-order valence-electron chi connectivity index (χ2n) is 5.44. The van der Waals surface area contributed by atoms with Crippen LogP contribution in [0.5, 0.6) is 5.75 Å². The Morgan fingerprint density at radius 1 is 1.15 bits per heavy atom. The van der Waals surface area contributed by atoms with Crippen LogP contribution >= 0.6 is 0 Å². The zero-order valence-corrected chi connectivity index (χ0v) is 12.5. The molecule has 0 aromatic heterocycles. The van der Waals surface area contributed by atoms with Crippen LogP contribution in [-0.2, 0) is 4.79 Å². The van der Waals surface area contributed by atoms with Gasteiger partial charge in [0.05, 0.1) is 6.61 Å². The fourth-order valence-corrected chi connectivity index (χ4v) is 2.43. The molecule has 0 saturated heterocycles. The molecule has 0 radical (unpaired) electrons. The van der Waals surface area contributed by atoms with Crippen molar-refractivity contribution in [2.45, 2.75) is 33.6 Å². The van der Waals surface area contributed by atoms with E-state index in [0.717, 1.165) is 35.3 Å². The molecule has 0 N–H and O–H groups in total. The van der Waals surface area contributed by atoms with E-state index in [1.165, 1.54) is 0 Å². The molecule has 0 heterocycles. The fraction of sp³-hybridized carbons (Fsp3) is 0.389. The Bertz CT molecular complexity index is 533. The maximum Gasteiger partial charge on any atom is 0.184 e. The van der Waals surface area contributed by atoms with Crippen LogP contribution in [0.15, 0.2) is 41.5 Å². The summed E-state index contributed by atoms with van der Waals surface area (Å²) >= 11 is 0. The van der Waals surface area contributed by atoms with E-state index in [1.807, 2.05) is 37.3 Å². The average Bonchev–Trinajstić information content (AvgIpc) is 2.74. The van der Waals surface area contributed by atoms with Gasteiger partial charge in [0, 0.05) is 5.57 Å². The molecule has 1 aromatic rings. The van der Waals surface area contributed by atoms with Gasteiger partial charge in [-0.25, -0.2) is 0 Å². The number of ether oxygens (including phenoxy) is 1. The Balaban J connectivity index is 2.14. The molecule has 2 nitrogen and oxygen atoms in total. The second kappa shape index (κ2) is 6.56. The molecule has 1 aliphatic carbocycles. The highest BCUT2D eigenvalue weighted by Gasteiger charge is 2.22. The number of hydrogen-bond donors (Lipinski definition) is 0. The monoisotopic (exact) mass is 270 g/mol. The molecule has 1 saturated carbocycles. The van der Waals surface area contributed by atoms with E-state index in [2.05, 4.69) is 19.9 Å². The lowest BCUT2D eigenvalue weighted by atomic mass is 10.1. The van der Waals surface area contributed by atoms with Gasteiger partial charge in [0.15, 0.2) is 5.78 Å². The Morgan fingerprint density at radius 2 is 1.80 bits per heavy atom. The van der Waals surface area contributed by atoms with Gasteiger partial charge in [-0.15, -0.1) is 0 Å². The summed E-state index contributed by atoms with van der Waals surface area (Å²) in [4.78, 5) is 12.3. The van der Waals surface area contributed by atoms with Gasteiger partial charge in [0.2, 0.25) is 0 Å². The molecule has 0 aliphatic heterocycles. The Labute approximate surface area is 121 Å². The molecule has 0 spiro atoms. The number of carbonyl (C=O) groups is 1. The number of hydrogen-bond acceptors (Lipinski definition) is 2. The maximum absolute atomic E-state index is 12.3. The van der Waals surface area contributed by atoms with Gasteiger partial charge in [0.1, 0.15) is 5.75 Å². The molecule has 20 heavy (non-hydrogen) atoms. The molecule has 1 aromatic carbocycles. The van der Waals surface area contributed by atoms with E-state index >= 15 is 0 Å². The van der Waals surface area contributed by atoms with Crippen molar-refractivity contribution in [2.24, 2.45) is 5.92 Å². The Kier molecular flexibility index (Phi) is 4.78. The third-order valence-electron chi connectivity index (χ3n) is 3.31. The first-order valence-corrected chi connectivity index (χ1v) is 7.29. The molecule has 0 amide bonds. The highest BCUT2D eigenvalue weighted by Crippen LogP contribution is 2.29. The van der Waals surface area contributed by atoms with E-state index in [0.29, 0.717) is 12.5 Å². The lowest BCUT2D eigenvalue weighted by molar-refractivity contribution is -0.111. The summed E-state index contributed by atoms with van der Waals surface area (Å²) in [6.45, 7) is 6.85. The van der Waals surface area contributed by atoms with Gasteiger partial charge in [-0.05, 0) is 55.0 Å². The summed E-state index contributed by atoms with van der Waals surface area (Å²) in [5.41, 5.74) is 2.95. The summed E-state index contributed by atoms with van der Waals surface area (Å²) in [5.74, 6) is 1.51. The Morgan fingerprint density at radius 3 is 2.40 bits per heavy atom. The van der Waals surface area contributed by atoms with E-state index < -0.39 is 0 Å². The summed E-state index contributed by atoms with van der Waals surface area (Å²) in [6.07, 6.45) is 5.81. The number of allylic oxidation sites excluding steroid dienone is 3. The molecule has 1 fully saturated rings. The van der Waals surface area contributed by atoms with Crippen molar-refractivity contribution in [3.05, 3.63) is 47.1 Å². The Hall–Kier alpha value is -1.83. The summed E-state index contributed by atoms with van der Waals surface area (Å²) in [5, 5.41) is 0. The minimum atomic E-state index is 0.215. The van der Waals surface area contributed by atoms with Gasteiger partial charge in [-0.2, -0.15) is 0 Å². The van der Waals surface area contributed by atoms with Crippen LogP contribution in [0.1, 0.15) is 39.2 Å². The van der Waals surface area contributed by atoms with Crippen LogP contribution in [0.3, 0.4) is 0 Å². The number of rotatable bonds is 4. The number of carbonyl (C=O) groups excluding carboxylic acids is 1. The van der Waals surface area contributed by atoms with Crippen LogP contribution in [-0.4, -0.2) is 12.4 Å². The quantitative estimate of drug-likeness (QED) is 0.757. The third-order valence-corrected chi connectivity index (χ3v) is 3.31. The lowest BCUT2D eigenvalue weighted by Gasteiger charge is -2.03. The number of Topliss-reactive ketones (excluding diaryl/α,β-unsaturated/α-hetero) is 1. The predicted molar refractivity (Wildman–Crippen MR) is 82.8 cm³/mol. The van der Waals surface area contributed by atoms with E-state index in [1.54, 1.807) is 0 Å². The second-order valence-corrected chi connectivity index (χ2v) is 5.44. The maximum atomic E-state index is 12.3. The van der Waals surface area contributed by atoms with E-state index in [4.69, 9.17) is 4.74 Å². The molecule has 106 valence electrons. The van der Waals surface area contributed by atoms with Gasteiger partial charge in [0.25, 0.3) is 0 Å². The zero-order chi connectivity index (χ0) is 14.5. The molecule has 2 heteroatoms. The number of benzene rings is 1. The molecule has 0 atom stereocenters. The minimum Gasteiger partial charge on any atom is -0.494 e. The third kappa shape index (κ3) is 3.60. The van der Waals surface area contributed by atoms with Gasteiger partial charge < -0.3 is 4.74 Å². The molecule has 1 aliphatic rings. The van der Waals surface area contributed by atoms with Crippen molar-refractivity contribution < 1.29 is 9.53 Å². The molecule has 0 bridgehead atoms. The van der Waals surface area contributed by atoms with Gasteiger partial charge >= 0.3 is 0 Å². The molecular weight excluding hydrogens is 248 g/mol. The summed E-state index contributed by atoms with van der Waals surface area (Å²) in [6, 6.07) is 7.88. The normalized spacial score (nSPS) is 19.3. The van der Waals surface area contributed by atoms with Crippen molar-refractivity contribution in [1.82, 2.24) is 0 Å². The highest BCUT2D eigenvalue weighted by atomic mass is 16.5. The topological polar surface area (TPSA) is 26.3 Å². The van der Waals surface area contributed by atoms with Gasteiger partial charge in [-0.1, -0.05) is 32.1 Å². The largest absolute Gasteiger partial charge is 0.494 e. The number of ketones is 1. The van der Waals surface area contributed by atoms with Crippen molar-refractivity contribution in [1.29, 1.82) is 0 Å². The van der Waals surface area contributed by atoms with Crippen LogP contribution in [0.4, 0.5) is 0 Å². The highest BCUT2D eigenvalue weighted by molar-refractivity contribution is 6.13. The van der Waals surface area contributed by atoms with Crippen molar-refractivity contribution >= 4 is 11.9 Å². The summed E-state index contributed by atoms with van der Waals surface area (Å²) < 4.78 is 5.42. The van der Waals surface area contributed by atoms with Crippen molar-refractivity contribution in [2.75, 3.05) is 6.61 Å². The minimum absolute atomic E-state index is 0.215. The standard InChI is InChI=1S/C18H22O2/c1-4-20-17-9-5-14(6-10-17)12-16-8-7-15(18(16)19)11-13(2)3/h5-6,9-13H,4,7-8H2,1-3H3/b15-11+,16-12+. The smallest absolute Gasteiger partial charge is 0.184 e. The molecular formula is C18H22O2. The van der Waals surface area contributed by atoms with Crippen LogP contribution in [0, 0.1) is 5.92 Å². The molecule has 0 unspecified atom stereocenters.